The molecule has 0 unspecified atom stereocenters. The summed E-state index contributed by atoms with van der Waals surface area (Å²) in [4.78, 5) is 49.7. The second-order valence-electron chi connectivity index (χ2n) is 6.48. The highest BCUT2D eigenvalue weighted by Crippen LogP contribution is 2.30. The minimum Gasteiger partial charge on any atom is -0.493 e. The standard InChI is InChI=1S/C22H20N2O6/c1-4-14-5-8-16(9-6-14)24-21(27)17(20(26)23-22(24)28)11-15-7-10-18(30-13(2)25)19(12-15)29-3/h5-12H,4H2,1-3H3,(H,23,26,28)/b17-11-. The monoisotopic (exact) mass is 408 g/mol. The van der Waals surface area contributed by atoms with Crippen LogP contribution < -0.4 is 19.7 Å². The smallest absolute Gasteiger partial charge is 0.335 e. The summed E-state index contributed by atoms with van der Waals surface area (Å²) in [6.07, 6.45) is 2.16. The van der Waals surface area contributed by atoms with Crippen LogP contribution in [0, 0.1) is 0 Å². The number of nitrogens with zero attached hydrogens (tertiary/aromatic N) is 1. The molecule has 0 aromatic heterocycles. The van der Waals surface area contributed by atoms with Crippen LogP contribution in [0.5, 0.6) is 11.5 Å². The molecule has 1 N–H and O–H groups in total. The second kappa shape index (κ2) is 8.60. The largest absolute Gasteiger partial charge is 0.493 e. The molecule has 1 saturated heterocycles. The first-order chi connectivity index (χ1) is 14.3. The van der Waals surface area contributed by atoms with Gasteiger partial charge in [-0.1, -0.05) is 25.1 Å². The van der Waals surface area contributed by atoms with Gasteiger partial charge in [-0.2, -0.15) is 0 Å². The number of amides is 4. The predicted octanol–water partition coefficient (Wildman–Crippen LogP) is 2.85. The summed E-state index contributed by atoms with van der Waals surface area (Å²) in [6.45, 7) is 3.26. The van der Waals surface area contributed by atoms with Gasteiger partial charge in [-0.25, -0.2) is 9.69 Å². The molecule has 0 saturated carbocycles. The van der Waals surface area contributed by atoms with Crippen LogP contribution in [0.3, 0.4) is 0 Å². The zero-order valence-corrected chi connectivity index (χ0v) is 16.7. The Bertz CT molecular complexity index is 1060. The molecule has 2 aromatic carbocycles. The fourth-order valence-electron chi connectivity index (χ4n) is 2.95. The maximum absolute atomic E-state index is 12.9. The third kappa shape index (κ3) is 4.22. The van der Waals surface area contributed by atoms with Gasteiger partial charge in [-0.05, 0) is 47.9 Å². The average molecular weight is 408 g/mol. The number of aryl methyl sites for hydroxylation is 1. The topological polar surface area (TPSA) is 102 Å². The van der Waals surface area contributed by atoms with Gasteiger partial charge in [-0.3, -0.25) is 19.7 Å². The Morgan fingerprint density at radius 3 is 2.37 bits per heavy atom. The normalized spacial score (nSPS) is 15.2. The van der Waals surface area contributed by atoms with Crippen molar-refractivity contribution in [3.63, 3.8) is 0 Å². The molecule has 8 nitrogen and oxygen atoms in total. The van der Waals surface area contributed by atoms with Crippen molar-refractivity contribution in [1.29, 1.82) is 0 Å². The average Bonchev–Trinajstić information content (AvgIpc) is 2.72. The van der Waals surface area contributed by atoms with Crippen LogP contribution in [0.1, 0.15) is 25.0 Å². The molecule has 8 heteroatoms. The van der Waals surface area contributed by atoms with Gasteiger partial charge in [0.05, 0.1) is 12.8 Å². The number of urea groups is 1. The van der Waals surface area contributed by atoms with Crippen molar-refractivity contribution in [3.05, 3.63) is 59.2 Å². The van der Waals surface area contributed by atoms with Crippen molar-refractivity contribution in [2.45, 2.75) is 20.3 Å². The fourth-order valence-corrected chi connectivity index (χ4v) is 2.95. The number of benzene rings is 2. The number of rotatable bonds is 5. The lowest BCUT2D eigenvalue weighted by molar-refractivity contribution is -0.132. The Labute approximate surface area is 173 Å². The van der Waals surface area contributed by atoms with E-state index in [1.807, 2.05) is 19.1 Å². The van der Waals surface area contributed by atoms with E-state index >= 15 is 0 Å². The number of carbonyl (C=O) groups is 4. The van der Waals surface area contributed by atoms with E-state index in [2.05, 4.69) is 5.32 Å². The molecule has 0 atom stereocenters. The molecule has 0 spiro atoms. The first-order valence-corrected chi connectivity index (χ1v) is 9.21. The molecule has 4 amide bonds. The Morgan fingerprint density at radius 2 is 1.77 bits per heavy atom. The van der Waals surface area contributed by atoms with Crippen LogP contribution in [0.15, 0.2) is 48.0 Å². The van der Waals surface area contributed by atoms with Crippen LogP contribution in [0.4, 0.5) is 10.5 Å². The number of imide groups is 2. The van der Waals surface area contributed by atoms with E-state index in [-0.39, 0.29) is 17.1 Å². The summed E-state index contributed by atoms with van der Waals surface area (Å²) in [7, 11) is 1.40. The lowest BCUT2D eigenvalue weighted by Crippen LogP contribution is -2.54. The zero-order chi connectivity index (χ0) is 21.8. The van der Waals surface area contributed by atoms with E-state index in [0.29, 0.717) is 11.3 Å². The molecule has 0 radical (unpaired) electrons. The van der Waals surface area contributed by atoms with Gasteiger partial charge in [0.2, 0.25) is 0 Å². The number of carbonyl (C=O) groups excluding carboxylic acids is 4. The fraction of sp³-hybridized carbons (Fsp3) is 0.182. The van der Waals surface area contributed by atoms with Crippen LogP contribution in [0.25, 0.3) is 6.08 Å². The molecule has 3 rings (SSSR count). The van der Waals surface area contributed by atoms with E-state index in [1.165, 1.54) is 32.2 Å². The summed E-state index contributed by atoms with van der Waals surface area (Å²) in [5.41, 5.74) is 1.65. The SMILES string of the molecule is CCc1ccc(N2C(=O)NC(=O)/C(=C/c3ccc(OC(C)=O)c(OC)c3)C2=O)cc1. The minimum atomic E-state index is -0.811. The van der Waals surface area contributed by atoms with Gasteiger partial charge in [0, 0.05) is 6.92 Å². The number of ether oxygens (including phenoxy) is 2. The summed E-state index contributed by atoms with van der Waals surface area (Å²) in [5, 5.41) is 2.18. The number of hydrogen-bond donors (Lipinski definition) is 1. The number of hydrogen-bond acceptors (Lipinski definition) is 6. The minimum absolute atomic E-state index is 0.208. The lowest BCUT2D eigenvalue weighted by Gasteiger charge is -2.26. The van der Waals surface area contributed by atoms with E-state index < -0.39 is 23.8 Å². The van der Waals surface area contributed by atoms with Crippen molar-refractivity contribution >= 4 is 35.6 Å². The molecule has 0 aliphatic carbocycles. The molecule has 154 valence electrons. The van der Waals surface area contributed by atoms with Gasteiger partial charge in [0.15, 0.2) is 11.5 Å². The van der Waals surface area contributed by atoms with E-state index in [4.69, 9.17) is 9.47 Å². The number of nitrogens with one attached hydrogen (secondary N) is 1. The third-order valence-corrected chi connectivity index (χ3v) is 4.46. The Morgan fingerprint density at radius 1 is 1.07 bits per heavy atom. The van der Waals surface area contributed by atoms with Crippen LogP contribution in [-0.4, -0.2) is 30.9 Å². The second-order valence-corrected chi connectivity index (χ2v) is 6.48. The predicted molar refractivity (Wildman–Crippen MR) is 109 cm³/mol. The number of anilines is 1. The van der Waals surface area contributed by atoms with Crippen molar-refractivity contribution in [3.8, 4) is 11.5 Å². The van der Waals surface area contributed by atoms with Gasteiger partial charge in [0.25, 0.3) is 11.8 Å². The van der Waals surface area contributed by atoms with Crippen LogP contribution in [0.2, 0.25) is 0 Å². The van der Waals surface area contributed by atoms with Crippen molar-refractivity contribution in [2.75, 3.05) is 12.0 Å². The molecular weight excluding hydrogens is 388 g/mol. The first kappa shape index (κ1) is 20.8. The summed E-state index contributed by atoms with van der Waals surface area (Å²) in [6, 6.07) is 10.7. The molecule has 1 heterocycles. The molecule has 1 aliphatic rings. The molecular formula is C22H20N2O6. The van der Waals surface area contributed by atoms with Gasteiger partial charge < -0.3 is 9.47 Å². The highest BCUT2D eigenvalue weighted by atomic mass is 16.6. The van der Waals surface area contributed by atoms with Gasteiger partial charge in [0.1, 0.15) is 5.57 Å². The van der Waals surface area contributed by atoms with E-state index in [9.17, 15) is 19.2 Å². The summed E-state index contributed by atoms with van der Waals surface area (Å²) < 4.78 is 10.3. The van der Waals surface area contributed by atoms with Gasteiger partial charge in [-0.15, -0.1) is 0 Å². The highest BCUT2D eigenvalue weighted by Gasteiger charge is 2.36. The molecule has 1 fully saturated rings. The van der Waals surface area contributed by atoms with Crippen molar-refractivity contribution in [1.82, 2.24) is 5.32 Å². The summed E-state index contributed by atoms with van der Waals surface area (Å²) in [5.74, 6) is -1.58. The molecule has 30 heavy (non-hydrogen) atoms. The number of esters is 1. The maximum atomic E-state index is 12.9. The Balaban J connectivity index is 1.96. The first-order valence-electron chi connectivity index (χ1n) is 9.21. The quantitative estimate of drug-likeness (QED) is 0.353. The molecule has 0 bridgehead atoms. The van der Waals surface area contributed by atoms with Gasteiger partial charge >= 0.3 is 12.0 Å². The Kier molecular flexibility index (Phi) is 5.96. The van der Waals surface area contributed by atoms with E-state index in [0.717, 1.165) is 16.9 Å². The highest BCUT2D eigenvalue weighted by molar-refractivity contribution is 6.39. The summed E-state index contributed by atoms with van der Waals surface area (Å²) >= 11 is 0. The Hall–Kier alpha value is -3.94. The van der Waals surface area contributed by atoms with Crippen LogP contribution in [-0.2, 0) is 20.8 Å². The third-order valence-electron chi connectivity index (χ3n) is 4.46. The molecule has 1 aliphatic heterocycles. The lowest BCUT2D eigenvalue weighted by atomic mass is 10.1. The van der Waals surface area contributed by atoms with Crippen molar-refractivity contribution in [2.24, 2.45) is 0 Å². The van der Waals surface area contributed by atoms with E-state index in [1.54, 1.807) is 18.2 Å². The number of barbiturate groups is 1. The number of methoxy groups -OCH3 is 1. The zero-order valence-electron chi connectivity index (χ0n) is 16.7. The van der Waals surface area contributed by atoms with Crippen molar-refractivity contribution < 1.29 is 28.7 Å². The van der Waals surface area contributed by atoms with Crippen LogP contribution >= 0.6 is 0 Å². The molecule has 2 aromatic rings. The maximum Gasteiger partial charge on any atom is 0.335 e.